The van der Waals surface area contributed by atoms with Crippen LogP contribution in [0.25, 0.3) is 0 Å². The summed E-state index contributed by atoms with van der Waals surface area (Å²) in [5.41, 5.74) is 5.37. The normalized spacial score (nSPS) is 10.2. The van der Waals surface area contributed by atoms with Crippen molar-refractivity contribution in [1.82, 2.24) is 0 Å². The number of nitrogens with two attached hydrogens (primary N) is 1. The van der Waals surface area contributed by atoms with Gasteiger partial charge in [-0.2, -0.15) is 0 Å². The van der Waals surface area contributed by atoms with Crippen LogP contribution < -0.4 is 5.73 Å². The van der Waals surface area contributed by atoms with E-state index in [0.29, 0.717) is 0 Å². The fourth-order valence-electron chi connectivity index (χ4n) is 1.10. The first kappa shape index (κ1) is 9.96. The average molecular weight is 142 g/mol. The summed E-state index contributed by atoms with van der Waals surface area (Å²) >= 11 is 0. The number of hydrogen-bond donors (Lipinski definition) is 1. The fraction of sp³-hybridized carbons (Fsp3) is 1.00. The summed E-state index contributed by atoms with van der Waals surface area (Å²) < 4.78 is 0. The molecule has 2 N–H and O–H groups in total. The quantitative estimate of drug-likeness (QED) is 0.543. The summed E-state index contributed by atoms with van der Waals surface area (Å²) in [5, 5.41) is 0. The standard InChI is InChI=1S/C9H21N/c1-2-3-4-5-6-7-8-9-10/h2-10H2,1H3/i10-1. The highest BCUT2D eigenvalue weighted by molar-refractivity contribution is 4.44. The number of hydrogen-bond acceptors (Lipinski definition) is 1. The predicted octanol–water partition coefficient (Wildman–Crippen LogP) is 2.70. The molecule has 0 radical (unpaired) electrons. The van der Waals surface area contributed by atoms with Crippen LogP contribution in [0.2, 0.25) is 0 Å². The molecule has 0 saturated heterocycles. The van der Waals surface area contributed by atoms with Gasteiger partial charge in [-0.3, -0.25) is 0 Å². The third kappa shape index (κ3) is 7.96. The summed E-state index contributed by atoms with van der Waals surface area (Å²) in [4.78, 5) is 0. The highest BCUT2D eigenvalue weighted by atomic mass is 14.0. The zero-order valence-electron chi connectivity index (χ0n) is 7.23. The molecule has 0 spiro atoms. The van der Waals surface area contributed by atoms with Crippen LogP contribution >= 0.6 is 0 Å². The molecule has 0 heterocycles. The highest BCUT2D eigenvalue weighted by Crippen LogP contribution is 2.05. The summed E-state index contributed by atoms with van der Waals surface area (Å²) in [6, 6.07) is 0. The summed E-state index contributed by atoms with van der Waals surface area (Å²) in [7, 11) is 0. The van der Waals surface area contributed by atoms with Gasteiger partial charge in [0.2, 0.25) is 0 Å². The third-order valence-electron chi connectivity index (χ3n) is 1.81. The van der Waals surface area contributed by atoms with Crippen molar-refractivity contribution in [1.29, 1.82) is 0 Å². The van der Waals surface area contributed by atoms with Crippen molar-refractivity contribution in [2.75, 3.05) is 6.54 Å². The molecule has 0 fully saturated rings. The minimum atomic E-state index is 0.869. The molecule has 0 atom stereocenters. The van der Waals surface area contributed by atoms with E-state index in [2.05, 4.69) is 6.92 Å². The molecule has 0 aliphatic carbocycles. The second kappa shape index (κ2) is 8.96. The van der Waals surface area contributed by atoms with Crippen LogP contribution in [0, 0.1) is 0 Å². The van der Waals surface area contributed by atoms with Crippen molar-refractivity contribution in [3.8, 4) is 0 Å². The van der Waals surface area contributed by atoms with Crippen molar-refractivity contribution in [2.45, 2.75) is 51.9 Å². The van der Waals surface area contributed by atoms with Gasteiger partial charge in [-0.05, 0) is 13.0 Å². The minimum absolute atomic E-state index is 0.869. The van der Waals surface area contributed by atoms with Crippen molar-refractivity contribution in [3.63, 3.8) is 0 Å². The highest BCUT2D eigenvalue weighted by Gasteiger charge is 1.87. The Hall–Kier alpha value is -0.0400. The van der Waals surface area contributed by atoms with Crippen LogP contribution in [0.5, 0.6) is 0 Å². The molecule has 0 aliphatic heterocycles. The molecule has 10 heavy (non-hydrogen) atoms. The van der Waals surface area contributed by atoms with Gasteiger partial charge >= 0.3 is 0 Å². The molecule has 0 amide bonds. The Morgan fingerprint density at radius 1 is 0.800 bits per heavy atom. The third-order valence-corrected chi connectivity index (χ3v) is 1.81. The molecule has 1 nitrogen and oxygen atoms in total. The largest absolute Gasteiger partial charge is 0.330 e. The second-order valence-electron chi connectivity index (χ2n) is 2.91. The van der Waals surface area contributed by atoms with Crippen LogP contribution in [0.4, 0.5) is 0 Å². The van der Waals surface area contributed by atoms with Crippen LogP contribution in [0.3, 0.4) is 0 Å². The Balaban J connectivity index is 2.65. The maximum Gasteiger partial charge on any atom is -0.00773 e. The van der Waals surface area contributed by atoms with Crippen molar-refractivity contribution < 1.29 is 0 Å². The Labute approximate surface area is 65.0 Å². The molecular weight excluding hydrogens is 121 g/mol. The van der Waals surface area contributed by atoms with Gasteiger partial charge in [0.1, 0.15) is 0 Å². The van der Waals surface area contributed by atoms with Crippen LogP contribution in [0.1, 0.15) is 51.9 Å². The lowest BCUT2D eigenvalue weighted by molar-refractivity contribution is 0.593. The monoisotopic (exact) mass is 142 g/mol. The Kier molecular flexibility index (Phi) is 8.92. The molecule has 0 rings (SSSR count). The van der Waals surface area contributed by atoms with Gasteiger partial charge in [0.25, 0.3) is 0 Å². The van der Waals surface area contributed by atoms with E-state index in [-0.39, 0.29) is 0 Å². The lowest BCUT2D eigenvalue weighted by Gasteiger charge is -1.97. The van der Waals surface area contributed by atoms with Crippen LogP contribution in [0.15, 0.2) is 0 Å². The Bertz CT molecular complexity index is 44.7. The Morgan fingerprint density at radius 3 is 1.80 bits per heavy atom. The molecule has 0 unspecified atom stereocenters. The van der Waals surface area contributed by atoms with Gasteiger partial charge < -0.3 is 5.73 Å². The van der Waals surface area contributed by atoms with E-state index >= 15 is 0 Å². The van der Waals surface area contributed by atoms with E-state index in [0.717, 1.165) is 6.54 Å². The lowest BCUT2D eigenvalue weighted by Crippen LogP contribution is -1.97. The first-order valence-corrected chi connectivity index (χ1v) is 4.62. The zero-order valence-corrected chi connectivity index (χ0v) is 7.23. The summed E-state index contributed by atoms with van der Waals surface area (Å²) in [6.07, 6.45) is 9.51. The average Bonchev–Trinajstić information content (AvgIpc) is 1.97. The molecular formula is C9H21N. The van der Waals surface area contributed by atoms with Gasteiger partial charge in [-0.25, -0.2) is 0 Å². The maximum absolute atomic E-state index is 5.37. The zero-order chi connectivity index (χ0) is 7.66. The summed E-state index contributed by atoms with van der Waals surface area (Å²) in [6.45, 7) is 3.12. The Morgan fingerprint density at radius 2 is 1.30 bits per heavy atom. The molecule has 62 valence electrons. The van der Waals surface area contributed by atoms with E-state index in [1.165, 1.54) is 44.9 Å². The van der Waals surface area contributed by atoms with Gasteiger partial charge in [0.15, 0.2) is 0 Å². The number of unbranched alkanes of at least 4 members (excludes halogenated alkanes) is 6. The fourth-order valence-corrected chi connectivity index (χ4v) is 1.10. The van der Waals surface area contributed by atoms with E-state index in [4.69, 9.17) is 5.73 Å². The van der Waals surface area contributed by atoms with E-state index < -0.39 is 0 Å². The topological polar surface area (TPSA) is 26.0 Å². The smallest absolute Gasteiger partial charge is 0.00773 e. The van der Waals surface area contributed by atoms with Crippen LogP contribution in [-0.4, -0.2) is 6.54 Å². The molecule has 0 aliphatic rings. The van der Waals surface area contributed by atoms with Gasteiger partial charge in [-0.1, -0.05) is 45.4 Å². The SMILES string of the molecule is CCCCCCCCC[13NH2]. The molecule has 0 aromatic heterocycles. The van der Waals surface area contributed by atoms with E-state index in [1.807, 2.05) is 0 Å². The van der Waals surface area contributed by atoms with Gasteiger partial charge in [-0.15, -0.1) is 0 Å². The molecule has 0 bridgehead atoms. The van der Waals surface area contributed by atoms with E-state index in [1.54, 1.807) is 0 Å². The molecule has 0 aromatic rings. The summed E-state index contributed by atoms with van der Waals surface area (Å²) in [5.74, 6) is 0. The van der Waals surface area contributed by atoms with Crippen molar-refractivity contribution in [2.24, 2.45) is 5.73 Å². The first-order valence-electron chi connectivity index (χ1n) is 4.62. The van der Waals surface area contributed by atoms with Crippen molar-refractivity contribution in [3.05, 3.63) is 0 Å². The van der Waals surface area contributed by atoms with Gasteiger partial charge in [0.05, 0.1) is 0 Å². The minimum Gasteiger partial charge on any atom is -0.330 e. The lowest BCUT2D eigenvalue weighted by atomic mass is 10.1. The molecule has 0 saturated carbocycles. The van der Waals surface area contributed by atoms with Gasteiger partial charge in [0, 0.05) is 0 Å². The van der Waals surface area contributed by atoms with Crippen molar-refractivity contribution >= 4 is 0 Å². The molecule has 1 heteroatoms. The second-order valence-corrected chi connectivity index (χ2v) is 2.91. The first-order chi connectivity index (χ1) is 4.91. The van der Waals surface area contributed by atoms with E-state index in [9.17, 15) is 0 Å². The maximum atomic E-state index is 5.37. The number of rotatable bonds is 7. The predicted molar refractivity (Wildman–Crippen MR) is 47.0 cm³/mol. The van der Waals surface area contributed by atoms with Crippen LogP contribution in [-0.2, 0) is 0 Å². The molecule has 0 aromatic carbocycles.